The van der Waals surface area contributed by atoms with Gasteiger partial charge in [-0.15, -0.1) is 0 Å². The maximum atomic E-state index is 13.6. The summed E-state index contributed by atoms with van der Waals surface area (Å²) < 4.78 is 30.9. The van der Waals surface area contributed by atoms with Crippen LogP contribution in [0.3, 0.4) is 0 Å². The predicted octanol–water partition coefficient (Wildman–Crippen LogP) is 3.26. The molecular weight excluding hydrogens is 530 g/mol. The molecule has 1 fully saturated rings. The maximum absolute atomic E-state index is 13.6. The topological polar surface area (TPSA) is 150 Å². The van der Waals surface area contributed by atoms with Gasteiger partial charge in [0.15, 0.2) is 5.69 Å². The Hall–Kier alpha value is -3.73. The number of nitrogens with zero attached hydrogens (tertiary/aromatic N) is 1. The van der Waals surface area contributed by atoms with Gasteiger partial charge in [0.25, 0.3) is 11.1 Å². The molecule has 0 radical (unpaired) electrons. The van der Waals surface area contributed by atoms with E-state index in [1.807, 2.05) is 0 Å². The highest BCUT2D eigenvalue weighted by molar-refractivity contribution is 8.25. The number of aryl methyl sites for hydroxylation is 1. The first kappa shape index (κ1) is 27.3. The van der Waals surface area contributed by atoms with Gasteiger partial charge in [-0.05, 0) is 79.6 Å². The number of ether oxygens (including phenoxy) is 1. The largest absolute Gasteiger partial charge is 0.595 e. The number of carbonyl (C=O) groups is 2. The van der Waals surface area contributed by atoms with Crippen molar-refractivity contribution in [2.45, 2.75) is 35.2 Å². The standard InChI is InChI=1S/C26H23N3O7S2/c1-18-17-20(29(32)33)7-6-19(18)5-3-2-4-14-26(24(30)28-25(31)37-26)38(34,35)23-10-8-21(9-11-23)36-22-12-15-27-16-13-22/h6-13,15-17,29,32H,2,4,14H2,1H3,(H,28,30,31). The highest BCUT2D eigenvalue weighted by Gasteiger charge is 2.57. The minimum absolute atomic E-state index is 0.114. The number of amides is 2. The number of benzene rings is 2. The molecule has 0 bridgehead atoms. The SMILES string of the molecule is Cc1cc([NH+]([O-])O)ccc1C#CCCCC1(S(=O)(=O)c2ccc(Oc3ccncc3)cc2)SC(=O)NC1=O. The molecule has 38 heavy (non-hydrogen) atoms. The number of aromatic nitrogens is 1. The Balaban J connectivity index is 1.50. The Kier molecular flexibility index (Phi) is 8.15. The third-order valence-electron chi connectivity index (χ3n) is 5.78. The third kappa shape index (κ3) is 5.72. The molecule has 1 saturated heterocycles. The summed E-state index contributed by atoms with van der Waals surface area (Å²) in [6.45, 7) is 1.75. The summed E-state index contributed by atoms with van der Waals surface area (Å²) in [5, 5.41) is 20.5. The van der Waals surface area contributed by atoms with Crippen LogP contribution in [0.2, 0.25) is 0 Å². The average Bonchev–Trinajstić information content (AvgIpc) is 3.19. The van der Waals surface area contributed by atoms with Crippen molar-refractivity contribution in [1.82, 2.24) is 10.3 Å². The van der Waals surface area contributed by atoms with Gasteiger partial charge in [-0.2, -0.15) is 5.23 Å². The second-order valence-corrected chi connectivity index (χ2v) is 12.1. The van der Waals surface area contributed by atoms with Gasteiger partial charge in [0, 0.05) is 36.5 Å². The number of hydrogen-bond donors (Lipinski definition) is 3. The molecule has 2 unspecified atom stereocenters. The molecule has 0 saturated carbocycles. The van der Waals surface area contributed by atoms with E-state index in [4.69, 9.17) is 9.94 Å². The van der Waals surface area contributed by atoms with Crippen LogP contribution in [0.15, 0.2) is 71.9 Å². The van der Waals surface area contributed by atoms with Gasteiger partial charge in [0.2, 0.25) is 13.9 Å². The van der Waals surface area contributed by atoms with Crippen molar-refractivity contribution in [1.29, 1.82) is 0 Å². The van der Waals surface area contributed by atoms with Crippen LogP contribution in [0.4, 0.5) is 10.5 Å². The second kappa shape index (κ2) is 11.3. The van der Waals surface area contributed by atoms with Gasteiger partial charge < -0.3 is 9.94 Å². The Labute approximate surface area is 223 Å². The molecule has 3 N–H and O–H groups in total. The monoisotopic (exact) mass is 553 g/mol. The van der Waals surface area contributed by atoms with Crippen LogP contribution in [0.1, 0.15) is 30.4 Å². The molecule has 2 amide bonds. The fourth-order valence-electron chi connectivity index (χ4n) is 3.81. The number of carbonyl (C=O) groups excluding carboxylic acids is 2. The quantitative estimate of drug-likeness (QED) is 0.217. The summed E-state index contributed by atoms with van der Waals surface area (Å²) in [7, 11) is -4.27. The first-order valence-electron chi connectivity index (χ1n) is 11.4. The lowest BCUT2D eigenvalue weighted by Crippen LogP contribution is -2.99. The van der Waals surface area contributed by atoms with Crippen LogP contribution in [-0.4, -0.2) is 33.8 Å². The van der Waals surface area contributed by atoms with Crippen molar-refractivity contribution in [3.8, 4) is 23.3 Å². The summed E-state index contributed by atoms with van der Waals surface area (Å²) >= 11 is 0.461. The molecule has 2 atom stereocenters. The minimum atomic E-state index is -4.27. The molecule has 0 aliphatic carbocycles. The number of sulfone groups is 1. The fraction of sp³-hybridized carbons (Fsp3) is 0.192. The van der Waals surface area contributed by atoms with E-state index in [-0.39, 0.29) is 29.8 Å². The number of unbranched alkanes of at least 4 members (excludes halogenated alkanes) is 1. The fourth-order valence-corrected chi connectivity index (χ4v) is 7.18. The maximum Gasteiger partial charge on any atom is 0.287 e. The van der Waals surface area contributed by atoms with E-state index in [1.54, 1.807) is 37.5 Å². The lowest BCUT2D eigenvalue weighted by Gasteiger charge is -2.24. The summed E-state index contributed by atoms with van der Waals surface area (Å²) in [5.41, 5.74) is 1.50. The van der Waals surface area contributed by atoms with Crippen LogP contribution in [0.5, 0.6) is 11.5 Å². The van der Waals surface area contributed by atoms with Crippen LogP contribution in [-0.2, 0) is 14.6 Å². The van der Waals surface area contributed by atoms with Crippen molar-refractivity contribution < 1.29 is 33.2 Å². The van der Waals surface area contributed by atoms with E-state index in [9.17, 15) is 23.2 Å². The molecule has 12 heteroatoms. The Morgan fingerprint density at radius 3 is 2.39 bits per heavy atom. The summed E-state index contributed by atoms with van der Waals surface area (Å²) in [5.74, 6) is 5.93. The Morgan fingerprint density at radius 2 is 1.79 bits per heavy atom. The zero-order chi connectivity index (χ0) is 27.3. The number of pyridine rings is 1. The van der Waals surface area contributed by atoms with Gasteiger partial charge >= 0.3 is 0 Å². The van der Waals surface area contributed by atoms with E-state index in [1.165, 1.54) is 36.4 Å². The minimum Gasteiger partial charge on any atom is -0.595 e. The van der Waals surface area contributed by atoms with Crippen LogP contribution < -0.4 is 15.3 Å². The molecule has 10 nitrogen and oxygen atoms in total. The highest BCUT2D eigenvalue weighted by atomic mass is 32.3. The van der Waals surface area contributed by atoms with E-state index >= 15 is 0 Å². The first-order valence-corrected chi connectivity index (χ1v) is 13.7. The molecule has 4 rings (SSSR count). The molecule has 1 aromatic heterocycles. The smallest absolute Gasteiger partial charge is 0.287 e. The van der Waals surface area contributed by atoms with Crippen molar-refractivity contribution in [2.75, 3.05) is 0 Å². The zero-order valence-electron chi connectivity index (χ0n) is 20.1. The molecule has 196 valence electrons. The number of rotatable bonds is 8. The van der Waals surface area contributed by atoms with Gasteiger partial charge in [0.05, 0.1) is 4.90 Å². The zero-order valence-corrected chi connectivity index (χ0v) is 21.8. The lowest BCUT2D eigenvalue weighted by atomic mass is 10.1. The third-order valence-corrected chi connectivity index (χ3v) is 9.84. The molecule has 1 aliphatic rings. The lowest BCUT2D eigenvalue weighted by molar-refractivity contribution is -0.991. The summed E-state index contributed by atoms with van der Waals surface area (Å²) in [4.78, 5) is 28.7. The number of hydrogen-bond acceptors (Lipinski definition) is 9. The van der Waals surface area contributed by atoms with Crippen LogP contribution >= 0.6 is 11.8 Å². The van der Waals surface area contributed by atoms with Crippen LogP contribution in [0, 0.1) is 24.0 Å². The number of nitrogens with one attached hydrogen (secondary N) is 2. The number of quaternary nitrogens is 1. The summed E-state index contributed by atoms with van der Waals surface area (Å²) in [6.07, 6.45) is 3.49. The molecule has 1 aliphatic heterocycles. The normalized spacial score (nSPS) is 17.9. The Bertz CT molecular complexity index is 1520. The average molecular weight is 554 g/mol. The number of imide groups is 1. The van der Waals surface area contributed by atoms with E-state index in [2.05, 4.69) is 22.1 Å². The van der Waals surface area contributed by atoms with Gasteiger partial charge in [0.1, 0.15) is 11.5 Å². The van der Waals surface area contributed by atoms with Gasteiger partial charge in [-0.3, -0.25) is 19.9 Å². The second-order valence-electron chi connectivity index (χ2n) is 8.35. The first-order chi connectivity index (χ1) is 18.1. The molecule has 0 spiro atoms. The predicted molar refractivity (Wildman–Crippen MR) is 139 cm³/mol. The van der Waals surface area contributed by atoms with Crippen molar-refractivity contribution >= 4 is 38.4 Å². The van der Waals surface area contributed by atoms with E-state index in [0.29, 0.717) is 34.4 Å². The van der Waals surface area contributed by atoms with Gasteiger partial charge in [-0.25, -0.2) is 13.6 Å². The van der Waals surface area contributed by atoms with Crippen molar-refractivity contribution in [3.63, 3.8) is 0 Å². The molecular formula is C26H23N3O7S2. The summed E-state index contributed by atoms with van der Waals surface area (Å²) in [6, 6.07) is 13.5. The van der Waals surface area contributed by atoms with Crippen molar-refractivity contribution in [3.05, 3.63) is 83.3 Å². The highest BCUT2D eigenvalue weighted by Crippen LogP contribution is 2.44. The van der Waals surface area contributed by atoms with E-state index in [0.717, 1.165) is 0 Å². The molecule has 2 aromatic carbocycles. The molecule has 2 heterocycles. The van der Waals surface area contributed by atoms with Gasteiger partial charge in [-0.1, -0.05) is 11.8 Å². The molecule has 3 aromatic rings. The van der Waals surface area contributed by atoms with E-state index < -0.39 is 30.3 Å². The number of thioether (sulfide) groups is 1. The Morgan fingerprint density at radius 1 is 1.11 bits per heavy atom. The van der Waals surface area contributed by atoms with Crippen molar-refractivity contribution in [2.24, 2.45) is 0 Å². The van der Waals surface area contributed by atoms with Crippen LogP contribution in [0.25, 0.3) is 0 Å².